The van der Waals surface area contributed by atoms with Crippen molar-refractivity contribution in [1.82, 2.24) is 15.5 Å². The van der Waals surface area contributed by atoms with Gasteiger partial charge in [-0.15, -0.1) is 10.2 Å². The van der Waals surface area contributed by atoms with Gasteiger partial charge in [0.05, 0.1) is 6.04 Å². The predicted molar refractivity (Wildman–Crippen MR) is 71.6 cm³/mol. The second-order valence-corrected chi connectivity index (χ2v) is 5.42. The van der Waals surface area contributed by atoms with Crippen LogP contribution in [0.5, 0.6) is 0 Å². The zero-order valence-electron chi connectivity index (χ0n) is 10.1. The molecule has 1 aromatic heterocycles. The summed E-state index contributed by atoms with van der Waals surface area (Å²) in [5, 5.41) is 13.3. The van der Waals surface area contributed by atoms with Crippen molar-refractivity contribution < 1.29 is 4.39 Å². The second-order valence-electron chi connectivity index (χ2n) is 3.92. The van der Waals surface area contributed by atoms with Gasteiger partial charge >= 0.3 is 0 Å². The normalized spacial score (nSPS) is 12.7. The average Bonchev–Trinajstić information content (AvgIpc) is 2.81. The molecule has 0 aliphatic heterocycles. The average molecular weight is 286 g/mol. The van der Waals surface area contributed by atoms with Gasteiger partial charge in [0.25, 0.3) is 0 Å². The first kappa shape index (κ1) is 13.4. The maximum absolute atomic E-state index is 13.6. The molecule has 0 radical (unpaired) electrons. The Balaban J connectivity index is 2.21. The lowest BCUT2D eigenvalue weighted by atomic mass is 10.1. The van der Waals surface area contributed by atoms with Crippen LogP contribution in [-0.4, -0.2) is 17.2 Å². The van der Waals surface area contributed by atoms with Crippen molar-refractivity contribution in [3.63, 3.8) is 0 Å². The summed E-state index contributed by atoms with van der Waals surface area (Å²) in [6, 6.07) is 4.82. The molecule has 6 heteroatoms. The van der Waals surface area contributed by atoms with Crippen LogP contribution >= 0.6 is 22.9 Å². The molecule has 2 aromatic rings. The highest BCUT2D eigenvalue weighted by Crippen LogP contribution is 2.25. The molecule has 0 fully saturated rings. The molecule has 0 bridgehead atoms. The van der Waals surface area contributed by atoms with Crippen LogP contribution in [0, 0.1) is 5.82 Å². The number of hydrogen-bond donors (Lipinski definition) is 1. The number of aromatic nitrogens is 2. The molecular formula is C12H13ClFN3S. The Bertz CT molecular complexity index is 524. The van der Waals surface area contributed by atoms with Gasteiger partial charge in [0.2, 0.25) is 0 Å². The minimum absolute atomic E-state index is 0.146. The van der Waals surface area contributed by atoms with E-state index < -0.39 is 0 Å². The van der Waals surface area contributed by atoms with E-state index in [1.165, 1.54) is 17.4 Å². The fraction of sp³-hybridized carbons (Fsp3) is 0.333. The molecule has 0 saturated heterocycles. The number of hydrogen-bond acceptors (Lipinski definition) is 4. The van der Waals surface area contributed by atoms with E-state index in [0.29, 0.717) is 17.0 Å². The van der Waals surface area contributed by atoms with E-state index in [-0.39, 0.29) is 11.9 Å². The van der Waals surface area contributed by atoms with Crippen molar-refractivity contribution in [3.05, 3.63) is 44.6 Å². The molecule has 2 rings (SSSR count). The van der Waals surface area contributed by atoms with Gasteiger partial charge in [-0.1, -0.05) is 29.0 Å². The Hall–Kier alpha value is -1.04. The monoisotopic (exact) mass is 285 g/mol. The molecule has 1 atom stereocenters. The van der Waals surface area contributed by atoms with E-state index >= 15 is 0 Å². The summed E-state index contributed by atoms with van der Waals surface area (Å²) in [6.07, 6.45) is 0.375. The Kier molecular flexibility index (Phi) is 4.27. The van der Waals surface area contributed by atoms with Gasteiger partial charge < -0.3 is 5.32 Å². The zero-order valence-corrected chi connectivity index (χ0v) is 11.6. The molecule has 1 aromatic carbocycles. The van der Waals surface area contributed by atoms with Gasteiger partial charge in [-0.2, -0.15) is 0 Å². The molecule has 3 nitrogen and oxygen atoms in total. The summed E-state index contributed by atoms with van der Waals surface area (Å²) in [5.41, 5.74) is 0.471. The highest BCUT2D eigenvalue weighted by Gasteiger charge is 2.13. The molecule has 0 saturated carbocycles. The summed E-state index contributed by atoms with van der Waals surface area (Å²) in [6.45, 7) is 2.00. The quantitative estimate of drug-likeness (QED) is 0.937. The Morgan fingerprint density at radius 1 is 1.44 bits per heavy atom. The summed E-state index contributed by atoms with van der Waals surface area (Å²) in [7, 11) is 1.86. The maximum atomic E-state index is 13.6. The lowest BCUT2D eigenvalue weighted by Gasteiger charge is -2.04. The molecule has 96 valence electrons. The number of nitrogens with one attached hydrogen (secondary N) is 1. The van der Waals surface area contributed by atoms with Crippen LogP contribution in [0.25, 0.3) is 0 Å². The van der Waals surface area contributed by atoms with Crippen molar-refractivity contribution in [1.29, 1.82) is 0 Å². The van der Waals surface area contributed by atoms with E-state index in [2.05, 4.69) is 15.5 Å². The topological polar surface area (TPSA) is 37.8 Å². The van der Waals surface area contributed by atoms with E-state index in [9.17, 15) is 4.39 Å². The number of nitrogens with zero attached hydrogens (tertiary/aromatic N) is 2. The molecular weight excluding hydrogens is 273 g/mol. The van der Waals surface area contributed by atoms with Crippen LogP contribution < -0.4 is 5.32 Å². The third-order valence-corrected chi connectivity index (χ3v) is 4.14. The van der Waals surface area contributed by atoms with Gasteiger partial charge in [-0.05, 0) is 26.1 Å². The molecule has 0 aliphatic carbocycles. The van der Waals surface area contributed by atoms with Crippen molar-refractivity contribution in [2.24, 2.45) is 0 Å². The summed E-state index contributed by atoms with van der Waals surface area (Å²) >= 11 is 7.45. The van der Waals surface area contributed by atoms with Crippen molar-refractivity contribution >= 4 is 22.9 Å². The van der Waals surface area contributed by atoms with Crippen molar-refractivity contribution in [2.45, 2.75) is 19.4 Å². The van der Waals surface area contributed by atoms with Crippen LogP contribution in [-0.2, 0) is 6.42 Å². The third-order valence-electron chi connectivity index (χ3n) is 2.68. The number of benzene rings is 1. The molecule has 1 unspecified atom stereocenters. The van der Waals surface area contributed by atoms with Crippen LogP contribution in [0.4, 0.5) is 4.39 Å². The largest absolute Gasteiger partial charge is 0.311 e. The highest BCUT2D eigenvalue weighted by atomic mass is 35.5. The van der Waals surface area contributed by atoms with Gasteiger partial charge in [0.1, 0.15) is 15.8 Å². The molecule has 0 spiro atoms. The van der Waals surface area contributed by atoms with Crippen LogP contribution in [0.1, 0.15) is 28.5 Å². The maximum Gasteiger partial charge on any atom is 0.134 e. The number of rotatable bonds is 4. The van der Waals surface area contributed by atoms with Crippen molar-refractivity contribution in [2.75, 3.05) is 7.05 Å². The fourth-order valence-electron chi connectivity index (χ4n) is 1.49. The van der Waals surface area contributed by atoms with Gasteiger partial charge in [-0.25, -0.2) is 4.39 Å². The third kappa shape index (κ3) is 2.85. The fourth-order valence-corrected chi connectivity index (χ4v) is 2.63. The Labute approximate surface area is 114 Å². The minimum Gasteiger partial charge on any atom is -0.311 e. The lowest BCUT2D eigenvalue weighted by molar-refractivity contribution is 0.613. The predicted octanol–water partition coefficient (Wildman–Crippen LogP) is 3.20. The van der Waals surface area contributed by atoms with Crippen LogP contribution in [0.2, 0.25) is 5.02 Å². The SMILES string of the molecule is CNC(C)c1nnc(Cc2c(F)cccc2Cl)s1. The van der Waals surface area contributed by atoms with E-state index in [0.717, 1.165) is 10.0 Å². The Morgan fingerprint density at radius 3 is 2.89 bits per heavy atom. The highest BCUT2D eigenvalue weighted by molar-refractivity contribution is 7.11. The minimum atomic E-state index is -0.305. The molecule has 0 amide bonds. The van der Waals surface area contributed by atoms with Gasteiger partial charge in [0, 0.05) is 17.0 Å². The first-order chi connectivity index (χ1) is 8.61. The zero-order chi connectivity index (χ0) is 13.1. The van der Waals surface area contributed by atoms with E-state index in [1.807, 2.05) is 14.0 Å². The summed E-state index contributed by atoms with van der Waals surface area (Å²) in [4.78, 5) is 0. The Morgan fingerprint density at radius 2 is 2.22 bits per heavy atom. The molecule has 0 aliphatic rings. The van der Waals surface area contributed by atoms with Crippen LogP contribution in [0.3, 0.4) is 0 Å². The smallest absolute Gasteiger partial charge is 0.134 e. The lowest BCUT2D eigenvalue weighted by Crippen LogP contribution is -2.11. The van der Waals surface area contributed by atoms with Gasteiger partial charge in [-0.3, -0.25) is 0 Å². The standard InChI is InChI=1S/C12H13ClFN3S/c1-7(15-2)12-17-16-11(18-12)6-8-9(13)4-3-5-10(8)14/h3-5,7,15H,6H2,1-2H3. The molecule has 1 N–H and O–H groups in total. The summed E-state index contributed by atoms with van der Waals surface area (Å²) in [5.74, 6) is -0.305. The van der Waals surface area contributed by atoms with E-state index in [4.69, 9.17) is 11.6 Å². The first-order valence-electron chi connectivity index (χ1n) is 5.54. The van der Waals surface area contributed by atoms with Gasteiger partial charge in [0.15, 0.2) is 0 Å². The van der Waals surface area contributed by atoms with E-state index in [1.54, 1.807) is 12.1 Å². The second kappa shape index (κ2) is 5.73. The van der Waals surface area contributed by atoms with Crippen molar-refractivity contribution in [3.8, 4) is 0 Å². The number of halogens is 2. The molecule has 1 heterocycles. The molecule has 18 heavy (non-hydrogen) atoms. The van der Waals surface area contributed by atoms with Crippen LogP contribution in [0.15, 0.2) is 18.2 Å². The summed E-state index contributed by atoms with van der Waals surface area (Å²) < 4.78 is 13.6. The first-order valence-corrected chi connectivity index (χ1v) is 6.73.